The monoisotopic (exact) mass is 288 g/mol. The topological polar surface area (TPSA) is 68.1 Å². The number of carbonyl (C=O) groups excluding carboxylic acids is 1. The number of para-hydroxylation sites is 2. The fraction of sp³-hybridized carbons (Fsp3) is 0.467. The van der Waals surface area contributed by atoms with Gasteiger partial charge in [-0.15, -0.1) is 0 Å². The van der Waals surface area contributed by atoms with E-state index < -0.39 is 0 Å². The van der Waals surface area contributed by atoms with Crippen LogP contribution in [0.25, 0.3) is 11.0 Å². The zero-order valence-electron chi connectivity index (χ0n) is 12.1. The van der Waals surface area contributed by atoms with Gasteiger partial charge in [0.25, 0.3) is 0 Å². The number of fused-ring (bicyclic) bond motifs is 1. The second-order valence-electron chi connectivity index (χ2n) is 5.38. The van der Waals surface area contributed by atoms with E-state index in [0.717, 1.165) is 37.0 Å². The van der Waals surface area contributed by atoms with Crippen molar-refractivity contribution in [1.29, 1.82) is 0 Å². The molecule has 6 nitrogen and oxygen atoms in total. The Morgan fingerprint density at radius 1 is 1.29 bits per heavy atom. The third kappa shape index (κ3) is 2.47. The van der Waals surface area contributed by atoms with Crippen LogP contribution in [-0.4, -0.2) is 35.2 Å². The van der Waals surface area contributed by atoms with Crippen LogP contribution in [0.15, 0.2) is 29.1 Å². The molecule has 2 heterocycles. The molecule has 0 unspecified atom stereocenters. The standard InChI is InChI=1S/C15H20N4O2/c1-16-14(20)10-18-12-4-2-3-5-13(12)19(15(18)21)11-6-8-17-9-7-11/h2-5,11,17H,6-10H2,1H3,(H,16,20). The molecule has 1 aromatic heterocycles. The average molecular weight is 288 g/mol. The molecule has 1 saturated heterocycles. The Morgan fingerprint density at radius 3 is 2.62 bits per heavy atom. The Hall–Kier alpha value is -2.08. The molecule has 1 aliphatic heterocycles. The summed E-state index contributed by atoms with van der Waals surface area (Å²) in [5.41, 5.74) is 1.65. The SMILES string of the molecule is CNC(=O)Cn1c(=O)n(C2CCNCC2)c2ccccc21. The molecular weight excluding hydrogens is 268 g/mol. The van der Waals surface area contributed by atoms with Gasteiger partial charge in [-0.2, -0.15) is 0 Å². The maximum Gasteiger partial charge on any atom is 0.329 e. The first kappa shape index (κ1) is 13.9. The second kappa shape index (κ2) is 5.73. The highest BCUT2D eigenvalue weighted by molar-refractivity contribution is 5.80. The fourth-order valence-corrected chi connectivity index (χ4v) is 3.03. The summed E-state index contributed by atoms with van der Waals surface area (Å²) in [6, 6.07) is 7.89. The molecule has 0 atom stereocenters. The Balaban J connectivity index is 2.13. The van der Waals surface area contributed by atoms with Crippen LogP contribution < -0.4 is 16.3 Å². The Kier molecular flexibility index (Phi) is 3.79. The summed E-state index contributed by atoms with van der Waals surface area (Å²) in [7, 11) is 1.58. The molecule has 2 N–H and O–H groups in total. The summed E-state index contributed by atoms with van der Waals surface area (Å²) in [4.78, 5) is 24.4. The van der Waals surface area contributed by atoms with Crippen molar-refractivity contribution in [3.8, 4) is 0 Å². The lowest BCUT2D eigenvalue weighted by Crippen LogP contribution is -2.36. The summed E-state index contributed by atoms with van der Waals surface area (Å²) in [5.74, 6) is -0.162. The van der Waals surface area contributed by atoms with Gasteiger partial charge in [-0.05, 0) is 38.1 Å². The van der Waals surface area contributed by atoms with Gasteiger partial charge in [-0.1, -0.05) is 12.1 Å². The van der Waals surface area contributed by atoms with E-state index in [1.165, 1.54) is 0 Å². The Labute approximate surface area is 122 Å². The normalized spacial score (nSPS) is 16.2. The molecule has 1 aromatic carbocycles. The highest BCUT2D eigenvalue weighted by Gasteiger charge is 2.22. The molecule has 0 bridgehead atoms. The van der Waals surface area contributed by atoms with Crippen LogP contribution in [0.4, 0.5) is 0 Å². The third-order valence-corrected chi connectivity index (χ3v) is 4.12. The summed E-state index contributed by atoms with van der Waals surface area (Å²) >= 11 is 0. The van der Waals surface area contributed by atoms with Crippen LogP contribution in [0.5, 0.6) is 0 Å². The van der Waals surface area contributed by atoms with E-state index in [2.05, 4.69) is 10.6 Å². The van der Waals surface area contributed by atoms with Gasteiger partial charge in [0, 0.05) is 13.1 Å². The number of hydrogen-bond donors (Lipinski definition) is 2. The largest absolute Gasteiger partial charge is 0.358 e. The maximum absolute atomic E-state index is 12.8. The van der Waals surface area contributed by atoms with Gasteiger partial charge in [0.05, 0.1) is 11.0 Å². The molecule has 1 amide bonds. The number of amides is 1. The van der Waals surface area contributed by atoms with Crippen molar-refractivity contribution >= 4 is 16.9 Å². The molecule has 112 valence electrons. The van der Waals surface area contributed by atoms with Crippen molar-refractivity contribution in [3.05, 3.63) is 34.7 Å². The number of imidazole rings is 1. The van der Waals surface area contributed by atoms with E-state index >= 15 is 0 Å². The van der Waals surface area contributed by atoms with Crippen molar-refractivity contribution in [2.24, 2.45) is 0 Å². The average Bonchev–Trinajstić information content (AvgIpc) is 2.80. The van der Waals surface area contributed by atoms with Crippen molar-refractivity contribution in [2.45, 2.75) is 25.4 Å². The first-order valence-electron chi connectivity index (χ1n) is 7.33. The van der Waals surface area contributed by atoms with Gasteiger partial charge in [0.15, 0.2) is 0 Å². The minimum atomic E-state index is -0.162. The lowest BCUT2D eigenvalue weighted by Gasteiger charge is -2.23. The third-order valence-electron chi connectivity index (χ3n) is 4.12. The van der Waals surface area contributed by atoms with E-state index in [9.17, 15) is 9.59 Å². The van der Waals surface area contributed by atoms with Crippen molar-refractivity contribution in [1.82, 2.24) is 19.8 Å². The van der Waals surface area contributed by atoms with E-state index in [1.54, 1.807) is 11.6 Å². The number of hydrogen-bond acceptors (Lipinski definition) is 3. The van der Waals surface area contributed by atoms with E-state index in [0.29, 0.717) is 0 Å². The predicted molar refractivity (Wildman–Crippen MR) is 81.4 cm³/mol. The smallest absolute Gasteiger partial charge is 0.329 e. The maximum atomic E-state index is 12.8. The van der Waals surface area contributed by atoms with Crippen LogP contribution in [0.1, 0.15) is 18.9 Å². The Bertz CT molecular complexity index is 710. The summed E-state index contributed by atoms with van der Waals surface area (Å²) in [6.07, 6.45) is 1.88. The van der Waals surface area contributed by atoms with Crippen LogP contribution in [0.3, 0.4) is 0 Å². The molecule has 21 heavy (non-hydrogen) atoms. The molecule has 0 saturated carbocycles. The van der Waals surface area contributed by atoms with Gasteiger partial charge in [-0.3, -0.25) is 13.9 Å². The van der Waals surface area contributed by atoms with E-state index in [4.69, 9.17) is 0 Å². The fourth-order valence-electron chi connectivity index (χ4n) is 3.03. The molecule has 1 fully saturated rings. The molecule has 0 spiro atoms. The number of piperidine rings is 1. The van der Waals surface area contributed by atoms with Crippen molar-refractivity contribution in [2.75, 3.05) is 20.1 Å². The lowest BCUT2D eigenvalue weighted by atomic mass is 10.1. The summed E-state index contributed by atoms with van der Waals surface area (Å²) in [6.45, 7) is 1.91. The van der Waals surface area contributed by atoms with Gasteiger partial charge >= 0.3 is 5.69 Å². The number of nitrogens with one attached hydrogen (secondary N) is 2. The first-order chi connectivity index (χ1) is 10.2. The molecule has 0 aliphatic carbocycles. The summed E-state index contributed by atoms with van der Waals surface area (Å²) < 4.78 is 3.43. The van der Waals surface area contributed by atoms with Crippen LogP contribution in [-0.2, 0) is 11.3 Å². The highest BCUT2D eigenvalue weighted by atomic mass is 16.2. The number of carbonyl (C=O) groups is 1. The number of benzene rings is 1. The molecular formula is C15H20N4O2. The minimum absolute atomic E-state index is 0.0633. The van der Waals surface area contributed by atoms with E-state index in [1.807, 2.05) is 28.8 Å². The van der Waals surface area contributed by atoms with Crippen molar-refractivity contribution in [3.63, 3.8) is 0 Å². The van der Waals surface area contributed by atoms with Gasteiger partial charge in [0.2, 0.25) is 5.91 Å². The van der Waals surface area contributed by atoms with Crippen LogP contribution >= 0.6 is 0 Å². The van der Waals surface area contributed by atoms with Crippen LogP contribution in [0, 0.1) is 0 Å². The quantitative estimate of drug-likeness (QED) is 0.863. The number of aromatic nitrogens is 2. The molecule has 6 heteroatoms. The van der Waals surface area contributed by atoms with Crippen LogP contribution in [0.2, 0.25) is 0 Å². The van der Waals surface area contributed by atoms with Crippen molar-refractivity contribution < 1.29 is 4.79 Å². The molecule has 2 aromatic rings. The van der Waals surface area contributed by atoms with Gasteiger partial charge < -0.3 is 10.6 Å². The molecule has 1 aliphatic rings. The number of rotatable bonds is 3. The second-order valence-corrected chi connectivity index (χ2v) is 5.38. The number of nitrogens with zero attached hydrogens (tertiary/aromatic N) is 2. The highest BCUT2D eigenvalue weighted by Crippen LogP contribution is 2.23. The predicted octanol–water partition coefficient (Wildman–Crippen LogP) is 0.474. The molecule has 3 rings (SSSR count). The minimum Gasteiger partial charge on any atom is -0.358 e. The number of likely N-dealkylation sites (N-methyl/N-ethyl adjacent to an activating group) is 1. The zero-order valence-corrected chi connectivity index (χ0v) is 12.1. The molecule has 0 radical (unpaired) electrons. The van der Waals surface area contributed by atoms with Gasteiger partial charge in [-0.25, -0.2) is 4.79 Å². The first-order valence-corrected chi connectivity index (χ1v) is 7.33. The van der Waals surface area contributed by atoms with E-state index in [-0.39, 0.29) is 24.2 Å². The summed E-state index contributed by atoms with van der Waals surface area (Å²) in [5, 5.41) is 5.89. The van der Waals surface area contributed by atoms with Gasteiger partial charge in [0.1, 0.15) is 6.54 Å². The Morgan fingerprint density at radius 2 is 1.95 bits per heavy atom. The lowest BCUT2D eigenvalue weighted by molar-refractivity contribution is -0.121. The zero-order chi connectivity index (χ0) is 14.8.